The van der Waals surface area contributed by atoms with Crippen LogP contribution < -0.4 is 5.73 Å². The number of benzene rings is 2. The van der Waals surface area contributed by atoms with E-state index in [4.69, 9.17) is 5.73 Å². The number of aromatic hydroxyl groups is 2. The minimum absolute atomic E-state index is 0.0981. The number of amides is 1. The average Bonchev–Trinajstić information content (AvgIpc) is 2.67. The zero-order chi connectivity index (χ0) is 19.8. The highest BCUT2D eigenvalue weighted by Gasteiger charge is 2.39. The van der Waals surface area contributed by atoms with Gasteiger partial charge in [0.1, 0.15) is 11.5 Å². The zero-order valence-electron chi connectivity index (χ0n) is 16.4. The van der Waals surface area contributed by atoms with Gasteiger partial charge in [-0.15, -0.1) is 0 Å². The van der Waals surface area contributed by atoms with Crippen LogP contribution in [0.2, 0.25) is 0 Å². The summed E-state index contributed by atoms with van der Waals surface area (Å²) in [6.45, 7) is 1.94. The third-order valence-corrected chi connectivity index (χ3v) is 6.82. The first kappa shape index (κ1) is 18.9. The van der Waals surface area contributed by atoms with Crippen LogP contribution in [0.1, 0.15) is 79.0 Å². The Morgan fingerprint density at radius 2 is 1.82 bits per heavy atom. The third-order valence-electron chi connectivity index (χ3n) is 6.82. The standard InChI is InChI=1S/C24H29NO3/c1-14(10-24(25)28)20-11-16-12-21(15-6-8-17(26)9-7-15)18-4-2-3-5-19(18)22(16)13-23(20)27/h6-9,11,13-14,18-19,21,26-27H,2-5,10,12H2,1H3,(H2,25,28). The summed E-state index contributed by atoms with van der Waals surface area (Å²) in [6, 6.07) is 11.7. The van der Waals surface area contributed by atoms with Crippen molar-refractivity contribution in [2.45, 2.75) is 63.2 Å². The molecule has 0 heterocycles. The number of rotatable bonds is 4. The molecule has 1 saturated carbocycles. The Bertz CT molecular complexity index is 874. The van der Waals surface area contributed by atoms with Gasteiger partial charge in [-0.2, -0.15) is 0 Å². The van der Waals surface area contributed by atoms with Crippen LogP contribution in [0.4, 0.5) is 0 Å². The molecule has 0 radical (unpaired) electrons. The van der Waals surface area contributed by atoms with E-state index in [2.05, 4.69) is 6.07 Å². The van der Waals surface area contributed by atoms with Gasteiger partial charge in [-0.3, -0.25) is 4.79 Å². The van der Waals surface area contributed by atoms with Crippen LogP contribution in [0.15, 0.2) is 36.4 Å². The highest BCUT2D eigenvalue weighted by molar-refractivity contribution is 5.75. The minimum Gasteiger partial charge on any atom is -0.508 e. The minimum atomic E-state index is -0.348. The van der Waals surface area contributed by atoms with Crippen molar-refractivity contribution in [1.82, 2.24) is 0 Å². The topological polar surface area (TPSA) is 83.6 Å². The summed E-state index contributed by atoms with van der Waals surface area (Å²) in [6.07, 6.45) is 6.00. The molecular formula is C24H29NO3. The second-order valence-corrected chi connectivity index (χ2v) is 8.64. The van der Waals surface area contributed by atoms with Gasteiger partial charge >= 0.3 is 0 Å². The van der Waals surface area contributed by atoms with E-state index in [0.717, 1.165) is 18.4 Å². The molecular weight excluding hydrogens is 350 g/mol. The van der Waals surface area contributed by atoms with Crippen molar-refractivity contribution < 1.29 is 15.0 Å². The SMILES string of the molecule is CC(CC(N)=O)c1cc2c(cc1O)C1CCCCC1C(c1ccc(O)cc1)C2. The van der Waals surface area contributed by atoms with Crippen LogP contribution in [-0.4, -0.2) is 16.1 Å². The summed E-state index contributed by atoms with van der Waals surface area (Å²) in [5, 5.41) is 20.4. The number of hydrogen-bond donors (Lipinski definition) is 3. The number of hydrogen-bond acceptors (Lipinski definition) is 3. The van der Waals surface area contributed by atoms with Gasteiger partial charge in [0.05, 0.1) is 0 Å². The zero-order valence-corrected chi connectivity index (χ0v) is 16.4. The Hall–Kier alpha value is -2.49. The molecule has 0 aliphatic heterocycles. The summed E-state index contributed by atoms with van der Waals surface area (Å²) in [7, 11) is 0. The Morgan fingerprint density at radius 3 is 2.54 bits per heavy atom. The van der Waals surface area contributed by atoms with Crippen molar-refractivity contribution in [2.24, 2.45) is 11.7 Å². The molecule has 0 saturated heterocycles. The number of nitrogens with two attached hydrogens (primary N) is 1. The molecule has 2 aromatic rings. The number of primary amides is 1. The molecule has 2 aliphatic carbocycles. The number of fused-ring (bicyclic) bond motifs is 3. The molecule has 148 valence electrons. The lowest BCUT2D eigenvalue weighted by atomic mass is 9.61. The molecule has 4 heteroatoms. The normalized spacial score (nSPS) is 24.8. The molecule has 1 fully saturated rings. The Kier molecular flexibility index (Phi) is 5.05. The van der Waals surface area contributed by atoms with E-state index in [0.29, 0.717) is 29.3 Å². The highest BCUT2D eigenvalue weighted by atomic mass is 16.3. The van der Waals surface area contributed by atoms with E-state index in [1.807, 2.05) is 25.1 Å². The maximum Gasteiger partial charge on any atom is 0.218 e. The van der Waals surface area contributed by atoms with Gasteiger partial charge in [0, 0.05) is 6.42 Å². The number of carbonyl (C=O) groups excluding carboxylic acids is 1. The smallest absolute Gasteiger partial charge is 0.218 e. The van der Waals surface area contributed by atoms with Gasteiger partial charge in [-0.25, -0.2) is 0 Å². The lowest BCUT2D eigenvalue weighted by Gasteiger charge is -2.43. The second-order valence-electron chi connectivity index (χ2n) is 8.64. The van der Waals surface area contributed by atoms with Crippen molar-refractivity contribution in [3.63, 3.8) is 0 Å². The van der Waals surface area contributed by atoms with Crippen LogP contribution in [0.3, 0.4) is 0 Å². The summed E-state index contributed by atoms with van der Waals surface area (Å²) in [4.78, 5) is 11.4. The molecule has 0 bridgehead atoms. The molecule has 4 unspecified atom stereocenters. The fourth-order valence-corrected chi connectivity index (χ4v) is 5.50. The maximum absolute atomic E-state index is 11.4. The number of phenolic OH excluding ortho intramolecular Hbond substituents is 2. The van der Waals surface area contributed by atoms with Gasteiger partial charge in [-0.1, -0.05) is 38.0 Å². The van der Waals surface area contributed by atoms with Gasteiger partial charge < -0.3 is 15.9 Å². The van der Waals surface area contributed by atoms with E-state index in [9.17, 15) is 15.0 Å². The Morgan fingerprint density at radius 1 is 1.11 bits per heavy atom. The van der Waals surface area contributed by atoms with Crippen molar-refractivity contribution in [3.8, 4) is 11.5 Å². The van der Waals surface area contributed by atoms with Crippen molar-refractivity contribution in [1.29, 1.82) is 0 Å². The van der Waals surface area contributed by atoms with Crippen LogP contribution in [0, 0.1) is 5.92 Å². The molecule has 0 aromatic heterocycles. The lowest BCUT2D eigenvalue weighted by molar-refractivity contribution is -0.118. The fraction of sp³-hybridized carbons (Fsp3) is 0.458. The van der Waals surface area contributed by atoms with Crippen molar-refractivity contribution >= 4 is 5.91 Å². The first-order valence-corrected chi connectivity index (χ1v) is 10.4. The largest absolute Gasteiger partial charge is 0.508 e. The molecule has 28 heavy (non-hydrogen) atoms. The molecule has 2 aliphatic rings. The molecule has 1 amide bonds. The van der Waals surface area contributed by atoms with E-state index >= 15 is 0 Å². The van der Waals surface area contributed by atoms with Crippen LogP contribution in [0.5, 0.6) is 11.5 Å². The second kappa shape index (κ2) is 7.50. The molecule has 4 atom stereocenters. The summed E-state index contributed by atoms with van der Waals surface area (Å²) in [5.74, 6) is 1.59. The average molecular weight is 380 g/mol. The van der Waals surface area contributed by atoms with Crippen LogP contribution >= 0.6 is 0 Å². The van der Waals surface area contributed by atoms with E-state index in [-0.39, 0.29) is 18.2 Å². The highest BCUT2D eigenvalue weighted by Crippen LogP contribution is 2.52. The number of carbonyl (C=O) groups is 1. The van der Waals surface area contributed by atoms with E-state index in [1.54, 1.807) is 12.1 Å². The number of phenols is 2. The van der Waals surface area contributed by atoms with Crippen LogP contribution in [-0.2, 0) is 11.2 Å². The van der Waals surface area contributed by atoms with Gasteiger partial charge in [0.15, 0.2) is 0 Å². The molecule has 4 nitrogen and oxygen atoms in total. The van der Waals surface area contributed by atoms with Gasteiger partial charge in [0.2, 0.25) is 5.91 Å². The predicted molar refractivity (Wildman–Crippen MR) is 110 cm³/mol. The molecule has 0 spiro atoms. The Balaban J connectivity index is 1.75. The van der Waals surface area contributed by atoms with Crippen molar-refractivity contribution in [2.75, 3.05) is 0 Å². The van der Waals surface area contributed by atoms with Crippen molar-refractivity contribution in [3.05, 3.63) is 58.7 Å². The maximum atomic E-state index is 11.4. The van der Waals surface area contributed by atoms with Gasteiger partial charge in [-0.05, 0) is 83.4 Å². The third kappa shape index (κ3) is 3.48. The predicted octanol–water partition coefficient (Wildman–Crippen LogP) is 4.69. The van der Waals surface area contributed by atoms with E-state index < -0.39 is 0 Å². The quantitative estimate of drug-likeness (QED) is 0.720. The summed E-state index contributed by atoms with van der Waals surface area (Å²) in [5.41, 5.74) is 10.0. The van der Waals surface area contributed by atoms with Gasteiger partial charge in [0.25, 0.3) is 0 Å². The summed E-state index contributed by atoms with van der Waals surface area (Å²) < 4.78 is 0. The lowest BCUT2D eigenvalue weighted by Crippen LogP contribution is -2.31. The summed E-state index contributed by atoms with van der Waals surface area (Å²) >= 11 is 0. The van der Waals surface area contributed by atoms with E-state index in [1.165, 1.54) is 36.0 Å². The molecule has 4 rings (SSSR count). The molecule has 2 aromatic carbocycles. The van der Waals surface area contributed by atoms with Crippen LogP contribution in [0.25, 0.3) is 0 Å². The Labute approximate surface area is 166 Å². The first-order valence-electron chi connectivity index (χ1n) is 10.4. The fourth-order valence-electron chi connectivity index (χ4n) is 5.50. The monoisotopic (exact) mass is 379 g/mol. The first-order chi connectivity index (χ1) is 13.4. The molecule has 4 N–H and O–H groups in total.